The average Bonchev–Trinajstić information content (AvgIpc) is 3.10. The number of benzene rings is 2. The fourth-order valence-corrected chi connectivity index (χ4v) is 6.10. The van der Waals surface area contributed by atoms with Gasteiger partial charge in [0.15, 0.2) is 26.9 Å². The summed E-state index contributed by atoms with van der Waals surface area (Å²) in [5.41, 5.74) is 1.01. The molecule has 0 aliphatic carbocycles. The van der Waals surface area contributed by atoms with Crippen LogP contribution < -0.4 is 9.47 Å². The fraction of sp³-hybridized carbons (Fsp3) is 0.296. The van der Waals surface area contributed by atoms with Crippen LogP contribution in [-0.4, -0.2) is 18.9 Å². The second-order valence-corrected chi connectivity index (χ2v) is 10.8. The molecular weight excluding hydrogens is 477 g/mol. The molecule has 0 saturated carbocycles. The molecule has 186 valence electrons. The van der Waals surface area contributed by atoms with E-state index in [0.29, 0.717) is 11.3 Å². The summed E-state index contributed by atoms with van der Waals surface area (Å²) < 4.78 is 52.5. The molecule has 1 unspecified atom stereocenters. The summed E-state index contributed by atoms with van der Waals surface area (Å²) in [7, 11) is -0.0725. The van der Waals surface area contributed by atoms with Gasteiger partial charge in [0.2, 0.25) is 0 Å². The van der Waals surface area contributed by atoms with Gasteiger partial charge in [-0.2, -0.15) is 0 Å². The van der Waals surface area contributed by atoms with Crippen LogP contribution >= 0.6 is 10.5 Å². The molecular formula is C27H28F3O4S+. The molecule has 0 N–H and O–H groups in total. The quantitative estimate of drug-likeness (QED) is 0.180. The number of carbonyl (C=O) groups is 1. The standard InChI is InChI=1S/C27H28F3O4S/c1-7-26(6,21-10-12-22(13-11-21)33-27(28,29)30)34-24(31)16-32-25-17(2)14-23(15-18(25)3)35-19(4)8-9-20(35)5/h7-15H,1,16H2,2-6H3/q+1. The van der Waals surface area contributed by atoms with Gasteiger partial charge >= 0.3 is 12.3 Å². The normalized spacial score (nSPS) is 13.1. The molecule has 3 aromatic rings. The number of aryl methyl sites for hydroxylation is 4. The van der Waals surface area contributed by atoms with E-state index < -0.39 is 17.9 Å². The number of thiophene rings is 1. The highest BCUT2D eigenvalue weighted by Gasteiger charge is 2.32. The highest BCUT2D eigenvalue weighted by atomic mass is 32.2. The van der Waals surface area contributed by atoms with Crippen molar-refractivity contribution in [1.29, 1.82) is 0 Å². The van der Waals surface area contributed by atoms with Crippen molar-refractivity contribution in [2.75, 3.05) is 6.61 Å². The Bertz CT molecular complexity index is 1190. The van der Waals surface area contributed by atoms with Crippen molar-refractivity contribution in [2.24, 2.45) is 0 Å². The Kier molecular flexibility index (Phi) is 7.65. The van der Waals surface area contributed by atoms with Crippen LogP contribution in [-0.2, 0) is 15.1 Å². The van der Waals surface area contributed by atoms with Crippen LogP contribution in [0, 0.1) is 27.7 Å². The summed E-state index contributed by atoms with van der Waals surface area (Å²) in [6, 6.07) is 13.5. The van der Waals surface area contributed by atoms with Gasteiger partial charge in [0.25, 0.3) is 0 Å². The van der Waals surface area contributed by atoms with E-state index in [-0.39, 0.29) is 22.8 Å². The molecule has 0 aliphatic rings. The van der Waals surface area contributed by atoms with Gasteiger partial charge in [-0.25, -0.2) is 4.79 Å². The van der Waals surface area contributed by atoms with E-state index in [1.54, 1.807) is 6.92 Å². The van der Waals surface area contributed by atoms with Gasteiger partial charge in [0, 0.05) is 36.5 Å². The average molecular weight is 506 g/mol. The van der Waals surface area contributed by atoms with Gasteiger partial charge in [-0.1, -0.05) is 18.7 Å². The number of hydrogen-bond acceptors (Lipinski definition) is 4. The molecule has 1 atom stereocenters. The number of halogens is 3. The zero-order valence-corrected chi connectivity index (χ0v) is 21.1. The molecule has 0 fully saturated rings. The minimum atomic E-state index is -4.79. The van der Waals surface area contributed by atoms with Crippen molar-refractivity contribution in [3.05, 3.63) is 87.6 Å². The zero-order valence-electron chi connectivity index (χ0n) is 20.3. The van der Waals surface area contributed by atoms with Gasteiger partial charge in [-0.15, -0.1) is 13.2 Å². The number of esters is 1. The lowest BCUT2D eigenvalue weighted by atomic mass is 9.96. The first kappa shape index (κ1) is 26.3. The number of ether oxygens (including phenoxy) is 3. The van der Waals surface area contributed by atoms with Crippen molar-refractivity contribution >= 4 is 16.4 Å². The third kappa shape index (κ3) is 6.25. The van der Waals surface area contributed by atoms with Gasteiger partial charge in [-0.3, -0.25) is 0 Å². The summed E-state index contributed by atoms with van der Waals surface area (Å²) in [6.07, 6.45) is -3.38. The van der Waals surface area contributed by atoms with E-state index in [2.05, 4.69) is 49.4 Å². The van der Waals surface area contributed by atoms with Crippen molar-refractivity contribution in [3.63, 3.8) is 0 Å². The Morgan fingerprint density at radius 2 is 1.51 bits per heavy atom. The molecule has 35 heavy (non-hydrogen) atoms. The van der Waals surface area contributed by atoms with Crippen LogP contribution in [0.2, 0.25) is 0 Å². The third-order valence-electron chi connectivity index (χ3n) is 5.58. The first-order valence-electron chi connectivity index (χ1n) is 10.9. The maximum atomic E-state index is 12.6. The molecule has 0 amide bonds. The van der Waals surface area contributed by atoms with E-state index in [4.69, 9.17) is 9.47 Å². The highest BCUT2D eigenvalue weighted by Crippen LogP contribution is 2.41. The molecule has 0 spiro atoms. The second kappa shape index (κ2) is 10.2. The molecule has 0 saturated heterocycles. The molecule has 3 rings (SSSR count). The fourth-order valence-electron chi connectivity index (χ4n) is 3.86. The summed E-state index contributed by atoms with van der Waals surface area (Å²) >= 11 is 0. The van der Waals surface area contributed by atoms with Crippen LogP contribution in [0.5, 0.6) is 11.5 Å². The predicted octanol–water partition coefficient (Wildman–Crippen LogP) is 7.58. The minimum Gasteiger partial charge on any atom is -0.481 e. The predicted molar refractivity (Wildman–Crippen MR) is 131 cm³/mol. The Hall–Kier alpha value is -3.26. The summed E-state index contributed by atoms with van der Waals surface area (Å²) in [5, 5.41) is 0. The smallest absolute Gasteiger partial charge is 0.481 e. The zero-order chi connectivity index (χ0) is 26.0. The number of alkyl halides is 3. The Morgan fingerprint density at radius 3 is 2.00 bits per heavy atom. The van der Waals surface area contributed by atoms with E-state index in [9.17, 15) is 18.0 Å². The molecule has 0 bridgehead atoms. The Balaban J connectivity index is 1.70. The van der Waals surface area contributed by atoms with Gasteiger partial charge in [0.05, 0.1) is 0 Å². The van der Waals surface area contributed by atoms with Crippen LogP contribution in [0.1, 0.15) is 33.4 Å². The van der Waals surface area contributed by atoms with Gasteiger partial charge in [0.1, 0.15) is 11.5 Å². The molecule has 0 radical (unpaired) electrons. The SMILES string of the molecule is C=CC(C)(OC(=O)COc1c(C)cc(-[s+]2c(C)ccc2C)cc1C)c1ccc(OC(F)(F)F)cc1. The molecule has 8 heteroatoms. The Labute approximate surface area is 205 Å². The minimum absolute atomic E-state index is 0.0725. The maximum absolute atomic E-state index is 12.6. The van der Waals surface area contributed by atoms with E-state index in [0.717, 1.165) is 23.3 Å². The van der Waals surface area contributed by atoms with Crippen LogP contribution in [0.15, 0.2) is 61.2 Å². The topological polar surface area (TPSA) is 44.8 Å². The number of hydrogen-bond donors (Lipinski definition) is 0. The molecule has 4 nitrogen and oxygen atoms in total. The van der Waals surface area contributed by atoms with Crippen molar-refractivity contribution in [1.82, 2.24) is 0 Å². The molecule has 1 aromatic heterocycles. The third-order valence-corrected chi connectivity index (χ3v) is 7.84. The molecule has 1 heterocycles. The molecule has 0 aliphatic heterocycles. The maximum Gasteiger partial charge on any atom is 0.573 e. The van der Waals surface area contributed by atoms with Gasteiger partial charge < -0.3 is 14.2 Å². The highest BCUT2D eigenvalue weighted by molar-refractivity contribution is 7.39. The first-order chi connectivity index (χ1) is 16.3. The Morgan fingerprint density at radius 1 is 0.971 bits per heavy atom. The largest absolute Gasteiger partial charge is 0.573 e. The van der Waals surface area contributed by atoms with E-state index >= 15 is 0 Å². The monoisotopic (exact) mass is 505 g/mol. The van der Waals surface area contributed by atoms with Crippen LogP contribution in [0.4, 0.5) is 13.2 Å². The first-order valence-corrected chi connectivity index (χ1v) is 12.1. The van der Waals surface area contributed by atoms with Crippen molar-refractivity contribution in [3.8, 4) is 16.4 Å². The number of carbonyl (C=O) groups excluding carboxylic acids is 1. The lowest BCUT2D eigenvalue weighted by Gasteiger charge is -2.27. The van der Waals surface area contributed by atoms with Crippen LogP contribution in [0.3, 0.4) is 0 Å². The summed E-state index contributed by atoms with van der Waals surface area (Å²) in [6.45, 7) is 13.1. The second-order valence-electron chi connectivity index (χ2n) is 8.39. The summed E-state index contributed by atoms with van der Waals surface area (Å²) in [5.74, 6) is -0.391. The lowest BCUT2D eigenvalue weighted by molar-refractivity contribution is -0.274. The van der Waals surface area contributed by atoms with Crippen molar-refractivity contribution < 1.29 is 32.2 Å². The van der Waals surface area contributed by atoms with E-state index in [1.807, 2.05) is 13.8 Å². The molecule has 2 aromatic carbocycles. The van der Waals surface area contributed by atoms with Crippen molar-refractivity contribution in [2.45, 2.75) is 46.6 Å². The summed E-state index contributed by atoms with van der Waals surface area (Å²) in [4.78, 5) is 16.4. The lowest BCUT2D eigenvalue weighted by Crippen LogP contribution is -2.29. The van der Waals surface area contributed by atoms with Crippen LogP contribution in [0.25, 0.3) is 4.90 Å². The number of rotatable bonds is 8. The van der Waals surface area contributed by atoms with E-state index in [1.165, 1.54) is 32.9 Å². The van der Waals surface area contributed by atoms with Gasteiger partial charge in [-0.05, 0) is 67.8 Å².